The van der Waals surface area contributed by atoms with Crippen molar-refractivity contribution in [2.45, 2.75) is 32.5 Å². The molecule has 16 heavy (non-hydrogen) atoms. The standard InChI is InChI=1S/C11H18N4O/c1-9-7-15(10(2)6-12-9)11(16)8-14-5-3-4-13-14/h3-5,9-10,12H,6-8H2,1-2H3. The third-order valence-electron chi connectivity index (χ3n) is 2.94. The fourth-order valence-corrected chi connectivity index (χ4v) is 1.99. The smallest absolute Gasteiger partial charge is 0.244 e. The Morgan fingerprint density at radius 1 is 1.56 bits per heavy atom. The van der Waals surface area contributed by atoms with E-state index in [1.54, 1.807) is 10.9 Å². The van der Waals surface area contributed by atoms with Crippen molar-refractivity contribution in [1.82, 2.24) is 20.0 Å². The van der Waals surface area contributed by atoms with E-state index in [0.29, 0.717) is 12.6 Å². The molecule has 1 N–H and O–H groups in total. The number of piperazine rings is 1. The zero-order chi connectivity index (χ0) is 11.5. The van der Waals surface area contributed by atoms with Crippen molar-refractivity contribution in [3.63, 3.8) is 0 Å². The molecule has 0 aromatic carbocycles. The van der Waals surface area contributed by atoms with Gasteiger partial charge in [0, 0.05) is 37.6 Å². The predicted molar refractivity (Wildman–Crippen MR) is 60.9 cm³/mol. The van der Waals surface area contributed by atoms with Crippen molar-refractivity contribution in [3.8, 4) is 0 Å². The van der Waals surface area contributed by atoms with Gasteiger partial charge in [-0.25, -0.2) is 0 Å². The highest BCUT2D eigenvalue weighted by Gasteiger charge is 2.26. The number of rotatable bonds is 2. The van der Waals surface area contributed by atoms with Crippen LogP contribution in [-0.2, 0) is 11.3 Å². The molecule has 1 amide bonds. The number of hydrogen-bond acceptors (Lipinski definition) is 3. The maximum atomic E-state index is 12.1. The van der Waals surface area contributed by atoms with Crippen molar-refractivity contribution in [2.75, 3.05) is 13.1 Å². The van der Waals surface area contributed by atoms with Crippen LogP contribution in [0.15, 0.2) is 18.5 Å². The SMILES string of the molecule is CC1CN(C(=O)Cn2cccn2)C(C)CN1. The Morgan fingerprint density at radius 2 is 2.38 bits per heavy atom. The average Bonchev–Trinajstić information content (AvgIpc) is 2.74. The van der Waals surface area contributed by atoms with E-state index in [1.807, 2.05) is 17.2 Å². The van der Waals surface area contributed by atoms with E-state index in [9.17, 15) is 4.79 Å². The molecule has 1 aromatic heterocycles. The summed E-state index contributed by atoms with van der Waals surface area (Å²) in [6, 6.07) is 2.47. The van der Waals surface area contributed by atoms with Crippen molar-refractivity contribution in [3.05, 3.63) is 18.5 Å². The Kier molecular flexibility index (Phi) is 3.24. The Morgan fingerprint density at radius 3 is 3.06 bits per heavy atom. The van der Waals surface area contributed by atoms with Gasteiger partial charge in [0.2, 0.25) is 5.91 Å². The fraction of sp³-hybridized carbons (Fsp3) is 0.636. The summed E-state index contributed by atoms with van der Waals surface area (Å²) in [4.78, 5) is 14.0. The molecule has 5 nitrogen and oxygen atoms in total. The number of hydrogen-bond donors (Lipinski definition) is 1. The third kappa shape index (κ3) is 2.41. The van der Waals surface area contributed by atoms with Gasteiger partial charge in [-0.15, -0.1) is 0 Å². The minimum Gasteiger partial charge on any atom is -0.336 e. The van der Waals surface area contributed by atoms with E-state index >= 15 is 0 Å². The molecule has 2 rings (SSSR count). The molecule has 1 saturated heterocycles. The van der Waals surface area contributed by atoms with Crippen LogP contribution in [0.2, 0.25) is 0 Å². The highest BCUT2D eigenvalue weighted by molar-refractivity contribution is 5.76. The highest BCUT2D eigenvalue weighted by atomic mass is 16.2. The Hall–Kier alpha value is -1.36. The molecule has 2 atom stereocenters. The maximum Gasteiger partial charge on any atom is 0.244 e. The van der Waals surface area contributed by atoms with Gasteiger partial charge in [-0.3, -0.25) is 9.48 Å². The van der Waals surface area contributed by atoms with E-state index in [-0.39, 0.29) is 11.9 Å². The minimum atomic E-state index is 0.143. The van der Waals surface area contributed by atoms with Gasteiger partial charge in [0.1, 0.15) is 6.54 Å². The van der Waals surface area contributed by atoms with E-state index in [4.69, 9.17) is 0 Å². The topological polar surface area (TPSA) is 50.2 Å². The first-order chi connectivity index (χ1) is 7.66. The maximum absolute atomic E-state index is 12.1. The number of amides is 1. The summed E-state index contributed by atoms with van der Waals surface area (Å²) in [6.45, 7) is 6.15. The second-order valence-electron chi connectivity index (χ2n) is 4.41. The fourth-order valence-electron chi connectivity index (χ4n) is 1.99. The number of aromatic nitrogens is 2. The van der Waals surface area contributed by atoms with E-state index in [2.05, 4.69) is 24.3 Å². The molecule has 0 bridgehead atoms. The lowest BCUT2D eigenvalue weighted by molar-refractivity contribution is -0.135. The summed E-state index contributed by atoms with van der Waals surface area (Å²) in [6.07, 6.45) is 3.51. The van der Waals surface area contributed by atoms with Gasteiger partial charge in [0.25, 0.3) is 0 Å². The number of nitrogens with one attached hydrogen (secondary N) is 1. The van der Waals surface area contributed by atoms with E-state index in [0.717, 1.165) is 13.1 Å². The zero-order valence-corrected chi connectivity index (χ0v) is 9.76. The summed E-state index contributed by atoms with van der Waals surface area (Å²) < 4.78 is 1.67. The third-order valence-corrected chi connectivity index (χ3v) is 2.94. The molecule has 88 valence electrons. The minimum absolute atomic E-state index is 0.143. The Bertz CT molecular complexity index is 349. The van der Waals surface area contributed by atoms with Crippen molar-refractivity contribution in [2.24, 2.45) is 0 Å². The molecule has 1 fully saturated rings. The van der Waals surface area contributed by atoms with Gasteiger partial charge in [-0.1, -0.05) is 0 Å². The van der Waals surface area contributed by atoms with Gasteiger partial charge in [-0.2, -0.15) is 5.10 Å². The lowest BCUT2D eigenvalue weighted by atomic mass is 10.1. The van der Waals surface area contributed by atoms with E-state index in [1.165, 1.54) is 0 Å². The normalized spacial score (nSPS) is 25.8. The lowest BCUT2D eigenvalue weighted by Crippen LogP contribution is -2.56. The Balaban J connectivity index is 1.97. The lowest BCUT2D eigenvalue weighted by Gasteiger charge is -2.37. The highest BCUT2D eigenvalue weighted by Crippen LogP contribution is 2.07. The van der Waals surface area contributed by atoms with Gasteiger partial charge in [-0.05, 0) is 19.9 Å². The van der Waals surface area contributed by atoms with Gasteiger partial charge < -0.3 is 10.2 Å². The van der Waals surface area contributed by atoms with Gasteiger partial charge in [0.05, 0.1) is 0 Å². The largest absolute Gasteiger partial charge is 0.336 e. The first-order valence-electron chi connectivity index (χ1n) is 5.67. The van der Waals surface area contributed by atoms with Gasteiger partial charge >= 0.3 is 0 Å². The molecule has 5 heteroatoms. The van der Waals surface area contributed by atoms with Crippen LogP contribution in [0.25, 0.3) is 0 Å². The van der Waals surface area contributed by atoms with Crippen LogP contribution >= 0.6 is 0 Å². The van der Waals surface area contributed by atoms with Crippen molar-refractivity contribution >= 4 is 5.91 Å². The molecule has 0 spiro atoms. The molecular formula is C11H18N4O. The van der Waals surface area contributed by atoms with Crippen LogP contribution in [0.5, 0.6) is 0 Å². The first kappa shape index (κ1) is 11.1. The van der Waals surface area contributed by atoms with Crippen LogP contribution in [0.3, 0.4) is 0 Å². The van der Waals surface area contributed by atoms with Gasteiger partial charge in [0.15, 0.2) is 0 Å². The summed E-state index contributed by atoms with van der Waals surface area (Å²) in [5.41, 5.74) is 0. The molecule has 2 unspecified atom stereocenters. The summed E-state index contributed by atoms with van der Waals surface area (Å²) >= 11 is 0. The number of carbonyl (C=O) groups is 1. The average molecular weight is 222 g/mol. The van der Waals surface area contributed by atoms with Crippen LogP contribution in [0.4, 0.5) is 0 Å². The summed E-state index contributed by atoms with van der Waals surface area (Å²) in [5, 5.41) is 7.41. The molecule has 1 aromatic rings. The molecule has 0 radical (unpaired) electrons. The van der Waals surface area contributed by atoms with Crippen LogP contribution in [0, 0.1) is 0 Å². The van der Waals surface area contributed by atoms with Crippen LogP contribution in [0.1, 0.15) is 13.8 Å². The molecule has 1 aliphatic heterocycles. The second-order valence-corrected chi connectivity index (χ2v) is 4.41. The predicted octanol–water partition coefficient (Wildman–Crippen LogP) is 0.0919. The first-order valence-corrected chi connectivity index (χ1v) is 5.67. The van der Waals surface area contributed by atoms with Crippen LogP contribution in [-0.4, -0.2) is 45.8 Å². The molecule has 1 aliphatic rings. The van der Waals surface area contributed by atoms with Crippen LogP contribution < -0.4 is 5.32 Å². The monoisotopic (exact) mass is 222 g/mol. The number of carbonyl (C=O) groups excluding carboxylic acids is 1. The Labute approximate surface area is 95.4 Å². The second kappa shape index (κ2) is 4.65. The summed E-state index contributed by atoms with van der Waals surface area (Å²) in [5.74, 6) is 0.143. The molecule has 2 heterocycles. The van der Waals surface area contributed by atoms with Crippen molar-refractivity contribution in [1.29, 1.82) is 0 Å². The van der Waals surface area contributed by atoms with E-state index < -0.39 is 0 Å². The molecule has 0 aliphatic carbocycles. The zero-order valence-electron chi connectivity index (χ0n) is 9.76. The quantitative estimate of drug-likeness (QED) is 0.771. The summed E-state index contributed by atoms with van der Waals surface area (Å²) in [7, 11) is 0. The van der Waals surface area contributed by atoms with Crippen molar-refractivity contribution < 1.29 is 4.79 Å². The molecular weight excluding hydrogens is 204 g/mol. The molecule has 0 saturated carbocycles. The number of nitrogens with zero attached hydrogens (tertiary/aromatic N) is 3.